The molecule has 1 rings (SSSR count). The molecule has 0 spiro atoms. The van der Waals surface area contributed by atoms with Gasteiger partial charge >= 0.3 is 5.97 Å². The molecule has 14 heavy (non-hydrogen) atoms. The van der Waals surface area contributed by atoms with Crippen LogP contribution in [0.1, 0.15) is 19.3 Å². The summed E-state index contributed by atoms with van der Waals surface area (Å²) in [4.78, 5) is 14.0. The zero-order valence-electron chi connectivity index (χ0n) is 8.03. The van der Waals surface area contributed by atoms with Crippen LogP contribution in [0.5, 0.6) is 0 Å². The van der Waals surface area contributed by atoms with Gasteiger partial charge in [-0.25, -0.2) is 4.85 Å². The maximum atomic E-state index is 11.1. The third kappa shape index (κ3) is 3.06. The molecular weight excluding hydrogens is 178 g/mol. The standard InChI is InChI=1S/C11H13NO2/c1-9(12-2)11(13)14-8-10-6-4-3-5-7-10/h3-4,10H,1,5-8H2. The highest BCUT2D eigenvalue weighted by Crippen LogP contribution is 2.18. The van der Waals surface area contributed by atoms with Crippen LogP contribution in [0.25, 0.3) is 4.85 Å². The van der Waals surface area contributed by atoms with Gasteiger partial charge in [0.15, 0.2) is 0 Å². The number of hydrogen-bond donors (Lipinski definition) is 0. The van der Waals surface area contributed by atoms with Gasteiger partial charge in [-0.1, -0.05) is 18.7 Å². The average molecular weight is 191 g/mol. The monoisotopic (exact) mass is 191 g/mol. The number of nitrogens with zero attached hydrogens (tertiary/aromatic N) is 1. The summed E-state index contributed by atoms with van der Waals surface area (Å²) >= 11 is 0. The van der Waals surface area contributed by atoms with Gasteiger partial charge in [-0.15, -0.1) is 0 Å². The fraction of sp³-hybridized carbons (Fsp3) is 0.455. The predicted octanol–water partition coefficient (Wildman–Crippen LogP) is 2.32. The second-order valence-corrected chi connectivity index (χ2v) is 3.31. The Balaban J connectivity index is 2.27. The smallest absolute Gasteiger partial charge is 0.335 e. The zero-order chi connectivity index (χ0) is 10.4. The van der Waals surface area contributed by atoms with Crippen molar-refractivity contribution in [2.45, 2.75) is 19.3 Å². The normalized spacial score (nSPS) is 19.8. The van der Waals surface area contributed by atoms with E-state index in [2.05, 4.69) is 23.6 Å². The summed E-state index contributed by atoms with van der Waals surface area (Å²) in [7, 11) is 0. The average Bonchev–Trinajstić information content (AvgIpc) is 2.26. The van der Waals surface area contributed by atoms with Crippen molar-refractivity contribution in [2.75, 3.05) is 6.61 Å². The largest absolute Gasteiger partial charge is 0.470 e. The van der Waals surface area contributed by atoms with E-state index in [-0.39, 0.29) is 5.70 Å². The lowest BCUT2D eigenvalue weighted by Crippen LogP contribution is -2.15. The predicted molar refractivity (Wildman–Crippen MR) is 53.2 cm³/mol. The number of esters is 1. The molecule has 0 saturated heterocycles. The third-order valence-electron chi connectivity index (χ3n) is 2.20. The molecule has 3 nitrogen and oxygen atoms in total. The Bertz CT molecular complexity index is 299. The van der Waals surface area contributed by atoms with Crippen molar-refractivity contribution in [1.29, 1.82) is 0 Å². The Kier molecular flexibility index (Phi) is 3.93. The highest BCUT2D eigenvalue weighted by atomic mass is 16.5. The van der Waals surface area contributed by atoms with Gasteiger partial charge < -0.3 is 4.74 Å². The van der Waals surface area contributed by atoms with E-state index < -0.39 is 5.97 Å². The second kappa shape index (κ2) is 5.23. The van der Waals surface area contributed by atoms with E-state index in [1.54, 1.807) is 0 Å². The van der Waals surface area contributed by atoms with E-state index in [4.69, 9.17) is 11.3 Å². The van der Waals surface area contributed by atoms with Gasteiger partial charge in [-0.3, -0.25) is 4.79 Å². The maximum absolute atomic E-state index is 11.1. The summed E-state index contributed by atoms with van der Waals surface area (Å²) < 4.78 is 4.95. The van der Waals surface area contributed by atoms with Gasteiger partial charge in [-0.05, 0) is 25.2 Å². The Labute approximate surface area is 83.9 Å². The Morgan fingerprint density at radius 2 is 2.43 bits per heavy atom. The lowest BCUT2D eigenvalue weighted by atomic mass is 9.95. The van der Waals surface area contributed by atoms with E-state index in [1.165, 1.54) is 0 Å². The first-order valence-corrected chi connectivity index (χ1v) is 4.62. The van der Waals surface area contributed by atoms with Crippen molar-refractivity contribution in [1.82, 2.24) is 0 Å². The lowest BCUT2D eigenvalue weighted by Gasteiger charge is -2.17. The molecule has 0 aromatic rings. The molecule has 1 aliphatic carbocycles. The number of hydrogen-bond acceptors (Lipinski definition) is 2. The molecule has 74 valence electrons. The Morgan fingerprint density at radius 1 is 1.64 bits per heavy atom. The highest BCUT2D eigenvalue weighted by molar-refractivity contribution is 5.89. The number of carbonyl (C=O) groups excluding carboxylic acids is 1. The summed E-state index contributed by atoms with van der Waals surface area (Å²) in [6, 6.07) is 0. The molecule has 0 aromatic carbocycles. The van der Waals surface area contributed by atoms with Crippen LogP contribution in [0.4, 0.5) is 0 Å². The second-order valence-electron chi connectivity index (χ2n) is 3.31. The van der Waals surface area contributed by atoms with Crippen molar-refractivity contribution < 1.29 is 9.53 Å². The molecule has 0 aromatic heterocycles. The molecule has 1 atom stereocenters. The zero-order valence-corrected chi connectivity index (χ0v) is 8.03. The first-order valence-electron chi connectivity index (χ1n) is 4.62. The molecule has 0 heterocycles. The molecule has 3 heteroatoms. The first kappa shape index (κ1) is 10.5. The summed E-state index contributed by atoms with van der Waals surface area (Å²) in [6.45, 7) is 10.3. The molecule has 0 saturated carbocycles. The molecule has 0 N–H and O–H groups in total. The van der Waals surface area contributed by atoms with Crippen LogP contribution < -0.4 is 0 Å². The van der Waals surface area contributed by atoms with Crippen LogP contribution >= 0.6 is 0 Å². The van der Waals surface area contributed by atoms with Crippen LogP contribution in [0, 0.1) is 12.5 Å². The van der Waals surface area contributed by atoms with E-state index in [0.717, 1.165) is 19.3 Å². The summed E-state index contributed by atoms with van der Waals surface area (Å²) in [5, 5.41) is 0. The molecule has 0 aliphatic heterocycles. The van der Waals surface area contributed by atoms with Crippen LogP contribution in [0.15, 0.2) is 24.4 Å². The minimum absolute atomic E-state index is 0.142. The molecule has 1 aliphatic rings. The van der Waals surface area contributed by atoms with Crippen LogP contribution in [0.3, 0.4) is 0 Å². The minimum Gasteiger partial charge on any atom is -0.470 e. The van der Waals surface area contributed by atoms with Gasteiger partial charge in [-0.2, -0.15) is 0 Å². The van der Waals surface area contributed by atoms with E-state index in [0.29, 0.717) is 12.5 Å². The number of carbonyl (C=O) groups is 1. The van der Waals surface area contributed by atoms with E-state index in [1.807, 2.05) is 0 Å². The van der Waals surface area contributed by atoms with Crippen molar-refractivity contribution in [3.63, 3.8) is 0 Å². The Hall–Kier alpha value is -1.56. The van der Waals surface area contributed by atoms with Crippen LogP contribution in [0.2, 0.25) is 0 Å². The molecular formula is C11H13NO2. The SMILES string of the molecule is [C-]#[N+]C(=C)C(=O)OCC1CC=CCC1. The van der Waals surface area contributed by atoms with Crippen LogP contribution in [-0.4, -0.2) is 12.6 Å². The fourth-order valence-corrected chi connectivity index (χ4v) is 1.33. The van der Waals surface area contributed by atoms with Gasteiger partial charge in [0.1, 0.15) is 0 Å². The molecule has 0 bridgehead atoms. The molecule has 1 unspecified atom stereocenters. The van der Waals surface area contributed by atoms with E-state index in [9.17, 15) is 4.79 Å². The lowest BCUT2D eigenvalue weighted by molar-refractivity contribution is -0.140. The van der Waals surface area contributed by atoms with Crippen molar-refractivity contribution in [3.05, 3.63) is 35.8 Å². The van der Waals surface area contributed by atoms with Crippen molar-refractivity contribution in [2.24, 2.45) is 5.92 Å². The Morgan fingerprint density at radius 3 is 3.00 bits per heavy atom. The number of allylic oxidation sites excluding steroid dienone is 2. The number of rotatable bonds is 3. The maximum Gasteiger partial charge on any atom is 0.335 e. The van der Waals surface area contributed by atoms with Crippen molar-refractivity contribution in [3.8, 4) is 0 Å². The third-order valence-corrected chi connectivity index (χ3v) is 2.20. The van der Waals surface area contributed by atoms with Crippen LogP contribution in [-0.2, 0) is 9.53 Å². The quantitative estimate of drug-likeness (QED) is 0.296. The van der Waals surface area contributed by atoms with Gasteiger partial charge in [0, 0.05) is 0 Å². The number of ether oxygens (including phenoxy) is 1. The topological polar surface area (TPSA) is 30.7 Å². The minimum atomic E-state index is -0.588. The first-order chi connectivity index (χ1) is 6.74. The summed E-state index contributed by atoms with van der Waals surface area (Å²) in [5.74, 6) is -0.183. The molecule has 0 radical (unpaired) electrons. The molecule has 0 amide bonds. The van der Waals surface area contributed by atoms with E-state index >= 15 is 0 Å². The van der Waals surface area contributed by atoms with Gasteiger partial charge in [0.25, 0.3) is 5.70 Å². The van der Waals surface area contributed by atoms with Gasteiger partial charge in [0.2, 0.25) is 0 Å². The summed E-state index contributed by atoms with van der Waals surface area (Å²) in [6.07, 6.45) is 7.29. The van der Waals surface area contributed by atoms with Gasteiger partial charge in [0.05, 0.1) is 13.2 Å². The molecule has 0 fully saturated rings. The van der Waals surface area contributed by atoms with Crippen molar-refractivity contribution >= 4 is 5.97 Å². The summed E-state index contributed by atoms with van der Waals surface area (Å²) in [5.41, 5.74) is -0.142. The highest BCUT2D eigenvalue weighted by Gasteiger charge is 2.14. The fourth-order valence-electron chi connectivity index (χ4n) is 1.33.